The summed E-state index contributed by atoms with van der Waals surface area (Å²) in [4.78, 5) is 22.3. The molecular formula is C17H15ClN2O5. The first-order chi connectivity index (χ1) is 12.1. The molecule has 0 aliphatic heterocycles. The molecule has 0 saturated carbocycles. The van der Waals surface area contributed by atoms with Crippen LogP contribution in [0.25, 0.3) is 0 Å². The van der Waals surface area contributed by atoms with Gasteiger partial charge in [-0.25, -0.2) is 10.2 Å². The van der Waals surface area contributed by atoms with Crippen molar-refractivity contribution < 1.29 is 24.2 Å². The number of carbonyl (C=O) groups excluding carboxylic acids is 1. The molecule has 7 nitrogen and oxygen atoms in total. The monoisotopic (exact) mass is 362 g/mol. The van der Waals surface area contributed by atoms with Gasteiger partial charge in [0.25, 0.3) is 5.91 Å². The molecule has 0 unspecified atom stereocenters. The average Bonchev–Trinajstić information content (AvgIpc) is 2.60. The van der Waals surface area contributed by atoms with Crippen LogP contribution in [0.5, 0.6) is 11.5 Å². The van der Waals surface area contributed by atoms with Crippen LogP contribution in [0.1, 0.15) is 5.56 Å². The number of carboxylic acid groups (broad SMARTS) is 1. The topological polar surface area (TPSA) is 97.2 Å². The Morgan fingerprint density at radius 1 is 1.04 bits per heavy atom. The van der Waals surface area contributed by atoms with Gasteiger partial charge in [0.2, 0.25) is 0 Å². The fourth-order valence-corrected chi connectivity index (χ4v) is 1.96. The van der Waals surface area contributed by atoms with Gasteiger partial charge < -0.3 is 14.6 Å². The molecule has 1 amide bonds. The largest absolute Gasteiger partial charge is 0.482 e. The van der Waals surface area contributed by atoms with Crippen molar-refractivity contribution in [3.05, 3.63) is 59.1 Å². The van der Waals surface area contributed by atoms with Gasteiger partial charge in [-0.2, -0.15) is 5.10 Å². The fourth-order valence-electron chi connectivity index (χ4n) is 1.77. The van der Waals surface area contributed by atoms with E-state index < -0.39 is 18.5 Å². The van der Waals surface area contributed by atoms with Crippen LogP contribution in [0.4, 0.5) is 0 Å². The number of hydrogen-bond acceptors (Lipinski definition) is 5. The maximum absolute atomic E-state index is 11.7. The fraction of sp³-hybridized carbons (Fsp3) is 0.118. The van der Waals surface area contributed by atoms with Crippen molar-refractivity contribution in [3.8, 4) is 11.5 Å². The standard InChI is InChI=1S/C17H15ClN2O5/c18-13-6-2-4-8-15(13)24-10-16(21)20-19-9-12-5-1-3-7-14(12)25-11-17(22)23/h1-9H,10-11H2,(H,20,21)(H,22,23)/b19-9+. The molecule has 25 heavy (non-hydrogen) atoms. The van der Waals surface area contributed by atoms with Gasteiger partial charge >= 0.3 is 5.97 Å². The van der Waals surface area contributed by atoms with Crippen LogP contribution in [0.15, 0.2) is 53.6 Å². The minimum absolute atomic E-state index is 0.252. The Kier molecular flexibility index (Phi) is 6.79. The number of hydrazone groups is 1. The molecular weight excluding hydrogens is 348 g/mol. The SMILES string of the molecule is O=C(O)COc1ccccc1/C=N/NC(=O)COc1ccccc1Cl. The van der Waals surface area contributed by atoms with E-state index >= 15 is 0 Å². The van der Waals surface area contributed by atoms with Gasteiger partial charge in [0.05, 0.1) is 11.2 Å². The first kappa shape index (κ1) is 18.3. The molecule has 130 valence electrons. The zero-order valence-electron chi connectivity index (χ0n) is 13.0. The van der Waals surface area contributed by atoms with E-state index in [1.807, 2.05) is 0 Å². The third-order valence-electron chi connectivity index (χ3n) is 2.86. The molecule has 0 radical (unpaired) electrons. The first-order valence-electron chi connectivity index (χ1n) is 7.19. The number of hydrogen-bond donors (Lipinski definition) is 2. The predicted molar refractivity (Wildman–Crippen MR) is 92.3 cm³/mol. The Hall–Kier alpha value is -3.06. The number of ether oxygens (including phenoxy) is 2. The van der Waals surface area contributed by atoms with Crippen molar-refractivity contribution in [2.45, 2.75) is 0 Å². The number of rotatable bonds is 8. The highest BCUT2D eigenvalue weighted by atomic mass is 35.5. The van der Waals surface area contributed by atoms with Crippen LogP contribution < -0.4 is 14.9 Å². The van der Waals surface area contributed by atoms with Crippen molar-refractivity contribution in [3.63, 3.8) is 0 Å². The summed E-state index contributed by atoms with van der Waals surface area (Å²) in [6, 6.07) is 13.5. The van der Waals surface area contributed by atoms with Crippen molar-refractivity contribution in [2.24, 2.45) is 5.10 Å². The van der Waals surface area contributed by atoms with Gasteiger partial charge in [-0.15, -0.1) is 0 Å². The molecule has 0 bridgehead atoms. The molecule has 0 fully saturated rings. The Morgan fingerprint density at radius 2 is 1.68 bits per heavy atom. The Labute approximate surface area is 148 Å². The molecule has 0 aliphatic rings. The Bertz CT molecular complexity index is 779. The lowest BCUT2D eigenvalue weighted by Gasteiger charge is -2.07. The average molecular weight is 363 g/mol. The van der Waals surface area contributed by atoms with E-state index in [0.29, 0.717) is 22.1 Å². The second-order valence-electron chi connectivity index (χ2n) is 4.73. The maximum atomic E-state index is 11.7. The zero-order valence-corrected chi connectivity index (χ0v) is 13.8. The van der Waals surface area contributed by atoms with Crippen molar-refractivity contribution in [2.75, 3.05) is 13.2 Å². The number of nitrogens with zero attached hydrogens (tertiary/aromatic N) is 1. The minimum atomic E-state index is -1.09. The third-order valence-corrected chi connectivity index (χ3v) is 3.17. The molecule has 2 rings (SSSR count). The van der Waals surface area contributed by atoms with Gasteiger partial charge in [-0.3, -0.25) is 4.79 Å². The maximum Gasteiger partial charge on any atom is 0.341 e. The summed E-state index contributed by atoms with van der Waals surface area (Å²) in [5, 5.41) is 12.9. The summed E-state index contributed by atoms with van der Waals surface area (Å²) in [6.07, 6.45) is 1.35. The Morgan fingerprint density at radius 3 is 2.40 bits per heavy atom. The second-order valence-corrected chi connectivity index (χ2v) is 5.14. The highest BCUT2D eigenvalue weighted by molar-refractivity contribution is 6.32. The van der Waals surface area contributed by atoms with Crippen molar-refractivity contribution in [1.82, 2.24) is 5.43 Å². The molecule has 2 N–H and O–H groups in total. The van der Waals surface area contributed by atoms with Crippen molar-refractivity contribution >= 4 is 29.7 Å². The van der Waals surface area contributed by atoms with Gasteiger partial charge in [-0.1, -0.05) is 35.9 Å². The minimum Gasteiger partial charge on any atom is -0.482 e. The number of aliphatic carboxylic acids is 1. The Balaban J connectivity index is 1.87. The van der Waals surface area contributed by atoms with Crippen LogP contribution in [0.2, 0.25) is 5.02 Å². The highest BCUT2D eigenvalue weighted by Gasteiger charge is 2.06. The quantitative estimate of drug-likeness (QED) is 0.555. The molecule has 0 saturated heterocycles. The number of amides is 1. The third kappa shape index (κ3) is 6.15. The number of carboxylic acids is 1. The lowest BCUT2D eigenvalue weighted by molar-refractivity contribution is -0.139. The predicted octanol–water partition coefficient (Wildman–Crippen LogP) is 2.33. The number of para-hydroxylation sites is 2. The van der Waals surface area contributed by atoms with E-state index in [1.165, 1.54) is 6.21 Å². The van der Waals surface area contributed by atoms with E-state index in [9.17, 15) is 9.59 Å². The lowest BCUT2D eigenvalue weighted by atomic mass is 10.2. The van der Waals surface area contributed by atoms with Gasteiger partial charge in [0, 0.05) is 5.56 Å². The second kappa shape index (κ2) is 9.29. The zero-order chi connectivity index (χ0) is 18.1. The van der Waals surface area contributed by atoms with Gasteiger partial charge in [0.1, 0.15) is 11.5 Å². The summed E-state index contributed by atoms with van der Waals surface area (Å²) in [5.41, 5.74) is 2.83. The number of nitrogens with one attached hydrogen (secondary N) is 1. The molecule has 8 heteroatoms. The number of carbonyl (C=O) groups is 2. The van der Waals surface area contributed by atoms with Crippen LogP contribution >= 0.6 is 11.6 Å². The van der Waals surface area contributed by atoms with E-state index in [2.05, 4.69) is 10.5 Å². The molecule has 2 aromatic carbocycles. The first-order valence-corrected chi connectivity index (χ1v) is 7.57. The van der Waals surface area contributed by atoms with Crippen LogP contribution in [0, 0.1) is 0 Å². The molecule has 0 atom stereocenters. The molecule has 2 aromatic rings. The summed E-state index contributed by atoms with van der Waals surface area (Å²) >= 11 is 5.92. The van der Waals surface area contributed by atoms with E-state index in [-0.39, 0.29) is 6.61 Å². The van der Waals surface area contributed by atoms with Gasteiger partial charge in [0.15, 0.2) is 13.2 Å². The van der Waals surface area contributed by atoms with Crippen LogP contribution in [-0.4, -0.2) is 36.4 Å². The normalized spacial score (nSPS) is 10.4. The van der Waals surface area contributed by atoms with Gasteiger partial charge in [-0.05, 0) is 24.3 Å². The van der Waals surface area contributed by atoms with Crippen molar-refractivity contribution in [1.29, 1.82) is 0 Å². The highest BCUT2D eigenvalue weighted by Crippen LogP contribution is 2.22. The van der Waals surface area contributed by atoms with E-state index in [0.717, 1.165) is 0 Å². The summed E-state index contributed by atoms with van der Waals surface area (Å²) < 4.78 is 10.4. The van der Waals surface area contributed by atoms with Crippen LogP contribution in [0.3, 0.4) is 0 Å². The molecule has 0 spiro atoms. The molecule has 0 heterocycles. The van der Waals surface area contributed by atoms with E-state index in [1.54, 1.807) is 48.5 Å². The summed E-state index contributed by atoms with van der Waals surface area (Å²) in [7, 11) is 0. The molecule has 0 aromatic heterocycles. The summed E-state index contributed by atoms with van der Waals surface area (Å²) in [6.45, 7) is -0.721. The molecule has 0 aliphatic carbocycles. The number of halogens is 1. The van der Waals surface area contributed by atoms with Crippen LogP contribution in [-0.2, 0) is 9.59 Å². The lowest BCUT2D eigenvalue weighted by Crippen LogP contribution is -2.24. The smallest absolute Gasteiger partial charge is 0.341 e. The summed E-state index contributed by atoms with van der Waals surface area (Å²) in [5.74, 6) is -0.817. The number of benzene rings is 2. The van der Waals surface area contributed by atoms with E-state index in [4.69, 9.17) is 26.2 Å².